The summed E-state index contributed by atoms with van der Waals surface area (Å²) >= 11 is 0. The summed E-state index contributed by atoms with van der Waals surface area (Å²) in [5.41, 5.74) is 5.69. The van der Waals surface area contributed by atoms with E-state index in [0.29, 0.717) is 13.0 Å². The lowest BCUT2D eigenvalue weighted by atomic mass is 9.66. The summed E-state index contributed by atoms with van der Waals surface area (Å²) in [5, 5.41) is 13.8. The lowest BCUT2D eigenvalue weighted by molar-refractivity contribution is -0.119. The summed E-state index contributed by atoms with van der Waals surface area (Å²) in [6.07, 6.45) is 3.67. The number of amides is 1. The molecule has 1 aliphatic carbocycles. The van der Waals surface area contributed by atoms with Gasteiger partial charge in [0.15, 0.2) is 0 Å². The molecule has 1 saturated carbocycles. The topological polar surface area (TPSA) is 98.7 Å². The minimum absolute atomic E-state index is 0.00624. The first-order chi connectivity index (χ1) is 7.63. The summed E-state index contributed by atoms with van der Waals surface area (Å²) < 4.78 is 0. The second-order valence-corrected chi connectivity index (χ2v) is 4.39. The molecule has 2 rings (SSSR count). The van der Waals surface area contributed by atoms with Crippen LogP contribution < -0.4 is 11.1 Å². The van der Waals surface area contributed by atoms with Crippen molar-refractivity contribution in [2.45, 2.75) is 25.7 Å². The van der Waals surface area contributed by atoms with E-state index in [1.165, 1.54) is 4.80 Å². The number of nitrogens with zero attached hydrogens (tertiary/aromatic N) is 4. The number of hydrogen-bond acceptors (Lipinski definition) is 5. The van der Waals surface area contributed by atoms with Crippen LogP contribution in [0.4, 0.5) is 5.95 Å². The van der Waals surface area contributed by atoms with Crippen molar-refractivity contribution in [2.75, 3.05) is 11.9 Å². The molecule has 16 heavy (non-hydrogen) atoms. The molecule has 0 bridgehead atoms. The number of carbonyl (C=O) groups is 1. The predicted molar refractivity (Wildman–Crippen MR) is 57.4 cm³/mol. The molecule has 0 unspecified atom stereocenters. The predicted octanol–water partition coefficient (Wildman–Crippen LogP) is -0.332. The number of rotatable bonds is 4. The Morgan fingerprint density at radius 3 is 2.81 bits per heavy atom. The van der Waals surface area contributed by atoms with E-state index in [1.807, 2.05) is 0 Å². The second kappa shape index (κ2) is 4.17. The van der Waals surface area contributed by atoms with Crippen molar-refractivity contribution in [1.82, 2.24) is 20.2 Å². The maximum absolute atomic E-state index is 11.7. The van der Waals surface area contributed by atoms with Gasteiger partial charge in [-0.15, -0.1) is 5.10 Å². The van der Waals surface area contributed by atoms with Gasteiger partial charge in [-0.25, -0.2) is 0 Å². The fourth-order valence-corrected chi connectivity index (χ4v) is 1.97. The monoisotopic (exact) mass is 224 g/mol. The van der Waals surface area contributed by atoms with Crippen molar-refractivity contribution < 1.29 is 4.79 Å². The quantitative estimate of drug-likeness (QED) is 0.729. The zero-order valence-corrected chi connectivity index (χ0v) is 9.31. The van der Waals surface area contributed by atoms with Gasteiger partial charge in [-0.05, 0) is 30.0 Å². The summed E-state index contributed by atoms with van der Waals surface area (Å²) in [4.78, 5) is 13.0. The average molecular weight is 224 g/mol. The van der Waals surface area contributed by atoms with Crippen LogP contribution in [0, 0.1) is 5.41 Å². The van der Waals surface area contributed by atoms with Gasteiger partial charge >= 0.3 is 0 Å². The molecule has 0 aromatic carbocycles. The van der Waals surface area contributed by atoms with E-state index in [-0.39, 0.29) is 17.3 Å². The minimum atomic E-state index is -0.0850. The Labute approximate surface area is 93.4 Å². The first-order valence-electron chi connectivity index (χ1n) is 5.37. The highest BCUT2D eigenvalue weighted by molar-refractivity contribution is 5.89. The lowest BCUT2D eigenvalue weighted by Gasteiger charge is -2.40. The van der Waals surface area contributed by atoms with Gasteiger partial charge in [0.25, 0.3) is 5.95 Å². The Morgan fingerprint density at radius 1 is 1.62 bits per heavy atom. The number of anilines is 1. The van der Waals surface area contributed by atoms with Crippen LogP contribution in [0.25, 0.3) is 0 Å². The molecular weight excluding hydrogens is 208 g/mol. The normalized spacial score (nSPS) is 17.9. The molecule has 0 radical (unpaired) electrons. The molecule has 0 atom stereocenters. The summed E-state index contributed by atoms with van der Waals surface area (Å²) in [6.45, 7) is 0.564. The van der Waals surface area contributed by atoms with Gasteiger partial charge in [0.2, 0.25) is 5.91 Å². The fourth-order valence-electron chi connectivity index (χ4n) is 1.97. The van der Waals surface area contributed by atoms with Crippen LogP contribution in [0.3, 0.4) is 0 Å². The summed E-state index contributed by atoms with van der Waals surface area (Å²) in [7, 11) is 1.65. The molecule has 7 heteroatoms. The zero-order valence-electron chi connectivity index (χ0n) is 9.31. The average Bonchev–Trinajstić information content (AvgIpc) is 2.57. The molecular formula is C9H16N6O. The van der Waals surface area contributed by atoms with E-state index >= 15 is 0 Å². The van der Waals surface area contributed by atoms with Gasteiger partial charge in [-0.3, -0.25) is 10.1 Å². The Morgan fingerprint density at radius 2 is 2.38 bits per heavy atom. The van der Waals surface area contributed by atoms with Crippen LogP contribution in [0.5, 0.6) is 0 Å². The molecule has 3 N–H and O–H groups in total. The van der Waals surface area contributed by atoms with Crippen molar-refractivity contribution in [3.63, 3.8) is 0 Å². The zero-order chi connectivity index (χ0) is 11.6. The van der Waals surface area contributed by atoms with Crippen molar-refractivity contribution in [3.8, 4) is 0 Å². The van der Waals surface area contributed by atoms with Gasteiger partial charge in [-0.2, -0.15) is 4.80 Å². The standard InChI is InChI=1S/C9H16N6O/c1-15-13-8(12-14-15)11-7(16)5-9(6-10)3-2-4-9/h2-6,10H2,1H3,(H,11,13,16). The minimum Gasteiger partial charge on any atom is -0.330 e. The summed E-state index contributed by atoms with van der Waals surface area (Å²) in [5.74, 6) is 0.164. The summed E-state index contributed by atoms with van der Waals surface area (Å²) in [6, 6.07) is 0. The number of hydrogen-bond donors (Lipinski definition) is 2. The fraction of sp³-hybridized carbons (Fsp3) is 0.778. The van der Waals surface area contributed by atoms with E-state index in [2.05, 4.69) is 20.7 Å². The van der Waals surface area contributed by atoms with Gasteiger partial charge in [0, 0.05) is 6.42 Å². The Bertz CT molecular complexity index is 378. The third-order valence-corrected chi connectivity index (χ3v) is 3.14. The van der Waals surface area contributed by atoms with E-state index in [9.17, 15) is 4.79 Å². The third kappa shape index (κ3) is 2.19. The molecule has 1 heterocycles. The molecule has 0 saturated heterocycles. The highest BCUT2D eigenvalue weighted by Gasteiger charge is 2.37. The molecule has 1 aromatic rings. The molecule has 1 aliphatic rings. The number of tetrazole rings is 1. The van der Waals surface area contributed by atoms with Crippen LogP contribution >= 0.6 is 0 Å². The number of nitrogens with two attached hydrogens (primary N) is 1. The molecule has 0 spiro atoms. The second-order valence-electron chi connectivity index (χ2n) is 4.39. The van der Waals surface area contributed by atoms with E-state index in [4.69, 9.17) is 5.73 Å². The maximum atomic E-state index is 11.7. The Hall–Kier alpha value is -1.50. The van der Waals surface area contributed by atoms with Crippen LogP contribution in [0.2, 0.25) is 0 Å². The number of aryl methyl sites for hydroxylation is 1. The van der Waals surface area contributed by atoms with Gasteiger partial charge in [-0.1, -0.05) is 11.5 Å². The van der Waals surface area contributed by atoms with Gasteiger partial charge in [0.1, 0.15) is 0 Å². The van der Waals surface area contributed by atoms with Crippen molar-refractivity contribution >= 4 is 11.9 Å². The maximum Gasteiger partial charge on any atom is 0.270 e. The van der Waals surface area contributed by atoms with E-state index in [1.54, 1.807) is 7.05 Å². The molecule has 7 nitrogen and oxygen atoms in total. The van der Waals surface area contributed by atoms with E-state index in [0.717, 1.165) is 19.3 Å². The Balaban J connectivity index is 1.89. The first-order valence-corrected chi connectivity index (χ1v) is 5.37. The number of aromatic nitrogens is 4. The molecule has 0 aliphatic heterocycles. The van der Waals surface area contributed by atoms with Crippen molar-refractivity contribution in [2.24, 2.45) is 18.2 Å². The van der Waals surface area contributed by atoms with E-state index < -0.39 is 0 Å². The van der Waals surface area contributed by atoms with Crippen LogP contribution in [0.1, 0.15) is 25.7 Å². The van der Waals surface area contributed by atoms with Gasteiger partial charge < -0.3 is 5.73 Å². The highest BCUT2D eigenvalue weighted by atomic mass is 16.1. The lowest BCUT2D eigenvalue weighted by Crippen LogP contribution is -2.40. The highest BCUT2D eigenvalue weighted by Crippen LogP contribution is 2.42. The van der Waals surface area contributed by atoms with Crippen molar-refractivity contribution in [3.05, 3.63) is 0 Å². The number of nitrogens with one attached hydrogen (secondary N) is 1. The smallest absolute Gasteiger partial charge is 0.270 e. The van der Waals surface area contributed by atoms with Crippen LogP contribution in [0.15, 0.2) is 0 Å². The number of carbonyl (C=O) groups excluding carboxylic acids is 1. The molecule has 1 aromatic heterocycles. The molecule has 1 fully saturated rings. The molecule has 88 valence electrons. The third-order valence-electron chi connectivity index (χ3n) is 3.14. The Kier molecular flexibility index (Phi) is 2.86. The first kappa shape index (κ1) is 11.0. The van der Waals surface area contributed by atoms with Crippen LogP contribution in [-0.2, 0) is 11.8 Å². The SMILES string of the molecule is Cn1nnc(NC(=O)CC2(CN)CCC2)n1. The van der Waals surface area contributed by atoms with Crippen molar-refractivity contribution in [1.29, 1.82) is 0 Å². The molecule has 1 amide bonds. The van der Waals surface area contributed by atoms with Crippen LogP contribution in [-0.4, -0.2) is 32.7 Å². The largest absolute Gasteiger partial charge is 0.330 e. The van der Waals surface area contributed by atoms with Gasteiger partial charge in [0.05, 0.1) is 7.05 Å².